The second-order valence-corrected chi connectivity index (χ2v) is 5.43. The normalized spacial score (nSPS) is 19.9. The predicted octanol–water partition coefficient (Wildman–Crippen LogP) is 1.31. The Kier molecular flexibility index (Phi) is 4.52. The molecule has 0 bridgehead atoms. The van der Waals surface area contributed by atoms with Crippen LogP contribution in [0.1, 0.15) is 63.7 Å². The number of carbonyl (C=O) groups excluding carboxylic acids is 1. The number of rotatable bonds is 4. The Morgan fingerprint density at radius 2 is 2.11 bits per heavy atom. The second-order valence-electron chi connectivity index (χ2n) is 5.43. The van der Waals surface area contributed by atoms with E-state index < -0.39 is 0 Å². The van der Waals surface area contributed by atoms with Gasteiger partial charge >= 0.3 is 0 Å². The largest absolute Gasteiger partial charge is 0.352 e. The zero-order valence-electron chi connectivity index (χ0n) is 11.7. The fourth-order valence-electron chi connectivity index (χ4n) is 2.38. The van der Waals surface area contributed by atoms with E-state index in [2.05, 4.69) is 15.6 Å². The topological polar surface area (TPSA) is 85.8 Å². The van der Waals surface area contributed by atoms with Crippen molar-refractivity contribution in [3.8, 4) is 0 Å². The number of aromatic nitrogens is 3. The molecule has 0 aromatic carbocycles. The summed E-state index contributed by atoms with van der Waals surface area (Å²) in [5, 5.41) is 11.0. The molecule has 1 aromatic rings. The van der Waals surface area contributed by atoms with Crippen molar-refractivity contribution in [2.45, 2.75) is 64.1 Å². The van der Waals surface area contributed by atoms with E-state index in [9.17, 15) is 4.79 Å². The van der Waals surface area contributed by atoms with Crippen molar-refractivity contribution in [2.75, 3.05) is 0 Å². The minimum Gasteiger partial charge on any atom is -0.352 e. The molecule has 0 spiro atoms. The van der Waals surface area contributed by atoms with Gasteiger partial charge in [-0.15, -0.1) is 5.10 Å². The molecule has 6 heteroatoms. The molecule has 106 valence electrons. The van der Waals surface area contributed by atoms with Gasteiger partial charge in [-0.25, -0.2) is 4.68 Å². The summed E-state index contributed by atoms with van der Waals surface area (Å²) in [6.45, 7) is 3.68. The number of hydrogen-bond donors (Lipinski definition) is 2. The molecule has 1 saturated carbocycles. The predicted molar refractivity (Wildman–Crippen MR) is 72.4 cm³/mol. The lowest BCUT2D eigenvalue weighted by molar-refractivity contribution is -0.125. The van der Waals surface area contributed by atoms with E-state index in [1.54, 1.807) is 10.9 Å². The van der Waals surface area contributed by atoms with Crippen LogP contribution >= 0.6 is 0 Å². The number of carbonyl (C=O) groups is 1. The third-order valence-electron chi connectivity index (χ3n) is 3.72. The molecule has 1 aromatic heterocycles. The van der Waals surface area contributed by atoms with Crippen LogP contribution in [0.15, 0.2) is 6.20 Å². The molecule has 1 aliphatic carbocycles. The lowest BCUT2D eigenvalue weighted by Crippen LogP contribution is -2.40. The molecule has 0 aliphatic heterocycles. The molecule has 0 saturated heterocycles. The zero-order chi connectivity index (χ0) is 13.8. The molecule has 1 aliphatic rings. The molecule has 2 unspecified atom stereocenters. The Morgan fingerprint density at radius 1 is 1.42 bits per heavy atom. The highest BCUT2D eigenvalue weighted by molar-refractivity contribution is 5.80. The van der Waals surface area contributed by atoms with Gasteiger partial charge in [-0.3, -0.25) is 4.79 Å². The van der Waals surface area contributed by atoms with Crippen molar-refractivity contribution in [2.24, 2.45) is 5.73 Å². The minimum atomic E-state index is -0.345. The van der Waals surface area contributed by atoms with Crippen LogP contribution in [0.5, 0.6) is 0 Å². The first-order valence-electron chi connectivity index (χ1n) is 7.05. The van der Waals surface area contributed by atoms with Gasteiger partial charge in [0.25, 0.3) is 0 Å². The highest BCUT2D eigenvalue weighted by Gasteiger charge is 2.21. The van der Waals surface area contributed by atoms with Gasteiger partial charge in [0, 0.05) is 12.1 Å². The van der Waals surface area contributed by atoms with Crippen LogP contribution in [0, 0.1) is 0 Å². The Morgan fingerprint density at radius 3 is 2.68 bits per heavy atom. The SMILES string of the molecule is CC(N)c1cn(C(C)C(=O)NC2CCCCC2)nn1. The van der Waals surface area contributed by atoms with E-state index in [1.807, 2.05) is 13.8 Å². The number of nitrogens with two attached hydrogens (primary N) is 1. The van der Waals surface area contributed by atoms with Crippen LogP contribution in [0.4, 0.5) is 0 Å². The summed E-state index contributed by atoms with van der Waals surface area (Å²) in [6.07, 6.45) is 7.61. The monoisotopic (exact) mass is 265 g/mol. The Bertz CT molecular complexity index is 422. The van der Waals surface area contributed by atoms with Crippen molar-refractivity contribution in [3.63, 3.8) is 0 Å². The standard InChI is InChI=1S/C13H23N5O/c1-9(14)12-8-18(17-16-12)10(2)13(19)15-11-6-4-3-5-7-11/h8-11H,3-7,14H2,1-2H3,(H,15,19). The average Bonchev–Trinajstić information content (AvgIpc) is 2.88. The summed E-state index contributed by atoms with van der Waals surface area (Å²) in [7, 11) is 0. The maximum Gasteiger partial charge on any atom is 0.244 e. The molecule has 1 heterocycles. The van der Waals surface area contributed by atoms with E-state index in [-0.39, 0.29) is 18.0 Å². The van der Waals surface area contributed by atoms with Crippen molar-refractivity contribution in [1.29, 1.82) is 0 Å². The molecule has 2 atom stereocenters. The third kappa shape index (κ3) is 3.53. The van der Waals surface area contributed by atoms with Crippen LogP contribution < -0.4 is 11.1 Å². The van der Waals surface area contributed by atoms with E-state index >= 15 is 0 Å². The van der Waals surface area contributed by atoms with Gasteiger partial charge in [-0.05, 0) is 26.7 Å². The first-order chi connectivity index (χ1) is 9.08. The van der Waals surface area contributed by atoms with E-state index in [0.717, 1.165) is 12.8 Å². The fraction of sp³-hybridized carbons (Fsp3) is 0.769. The molecule has 2 rings (SSSR count). The Balaban J connectivity index is 1.93. The molecular formula is C13H23N5O. The quantitative estimate of drug-likeness (QED) is 0.859. The third-order valence-corrected chi connectivity index (χ3v) is 3.72. The van der Waals surface area contributed by atoms with Crippen LogP contribution in [0.3, 0.4) is 0 Å². The summed E-state index contributed by atoms with van der Waals surface area (Å²) in [5.41, 5.74) is 6.44. The molecular weight excluding hydrogens is 242 g/mol. The number of hydrogen-bond acceptors (Lipinski definition) is 4. The first-order valence-corrected chi connectivity index (χ1v) is 7.05. The molecule has 19 heavy (non-hydrogen) atoms. The van der Waals surface area contributed by atoms with E-state index in [1.165, 1.54) is 19.3 Å². The highest BCUT2D eigenvalue weighted by atomic mass is 16.2. The van der Waals surface area contributed by atoms with Gasteiger partial charge in [0.15, 0.2) is 0 Å². The summed E-state index contributed by atoms with van der Waals surface area (Å²) >= 11 is 0. The van der Waals surface area contributed by atoms with Gasteiger partial charge in [0.2, 0.25) is 5.91 Å². The second kappa shape index (κ2) is 6.14. The van der Waals surface area contributed by atoms with Crippen LogP contribution in [0.25, 0.3) is 0 Å². The van der Waals surface area contributed by atoms with Crippen LogP contribution in [0.2, 0.25) is 0 Å². The number of nitrogens with one attached hydrogen (secondary N) is 1. The number of amides is 1. The summed E-state index contributed by atoms with van der Waals surface area (Å²) < 4.78 is 1.58. The zero-order valence-corrected chi connectivity index (χ0v) is 11.7. The lowest BCUT2D eigenvalue weighted by Gasteiger charge is -2.24. The van der Waals surface area contributed by atoms with Crippen LogP contribution in [-0.4, -0.2) is 26.9 Å². The summed E-state index contributed by atoms with van der Waals surface area (Å²) in [4.78, 5) is 12.2. The fourth-order valence-corrected chi connectivity index (χ4v) is 2.38. The summed E-state index contributed by atoms with van der Waals surface area (Å²) in [6, 6.07) is -0.190. The Labute approximate surface area is 113 Å². The maximum atomic E-state index is 12.2. The van der Waals surface area contributed by atoms with E-state index in [4.69, 9.17) is 5.73 Å². The summed E-state index contributed by atoms with van der Waals surface area (Å²) in [5.74, 6) is 0.00743. The highest BCUT2D eigenvalue weighted by Crippen LogP contribution is 2.18. The lowest BCUT2D eigenvalue weighted by atomic mass is 9.95. The van der Waals surface area contributed by atoms with Crippen molar-refractivity contribution in [3.05, 3.63) is 11.9 Å². The van der Waals surface area contributed by atoms with Gasteiger partial charge in [0.05, 0.1) is 11.9 Å². The molecule has 1 fully saturated rings. The van der Waals surface area contributed by atoms with Crippen molar-refractivity contribution < 1.29 is 4.79 Å². The molecule has 3 N–H and O–H groups in total. The molecule has 1 amide bonds. The van der Waals surface area contributed by atoms with E-state index in [0.29, 0.717) is 11.7 Å². The van der Waals surface area contributed by atoms with Crippen molar-refractivity contribution >= 4 is 5.91 Å². The number of nitrogens with zero attached hydrogens (tertiary/aromatic N) is 3. The molecule has 6 nitrogen and oxygen atoms in total. The first kappa shape index (κ1) is 14.0. The van der Waals surface area contributed by atoms with Crippen molar-refractivity contribution in [1.82, 2.24) is 20.3 Å². The minimum absolute atomic E-state index is 0.00743. The smallest absolute Gasteiger partial charge is 0.244 e. The van der Waals surface area contributed by atoms with Gasteiger partial charge < -0.3 is 11.1 Å². The van der Waals surface area contributed by atoms with Gasteiger partial charge in [0.1, 0.15) is 6.04 Å². The average molecular weight is 265 g/mol. The molecule has 0 radical (unpaired) electrons. The maximum absolute atomic E-state index is 12.2. The van der Waals surface area contributed by atoms with Gasteiger partial charge in [-0.2, -0.15) is 0 Å². The Hall–Kier alpha value is -1.43. The van der Waals surface area contributed by atoms with Crippen LogP contribution in [-0.2, 0) is 4.79 Å². The van der Waals surface area contributed by atoms with Gasteiger partial charge in [-0.1, -0.05) is 24.5 Å².